The molecule has 1 aliphatic carbocycles. The lowest BCUT2D eigenvalue weighted by atomic mass is 9.76. The summed E-state index contributed by atoms with van der Waals surface area (Å²) in [5.74, 6) is 1.23. The molecular formula is C27H34FNO3. The summed E-state index contributed by atoms with van der Waals surface area (Å²) >= 11 is 0. The first-order valence-electron chi connectivity index (χ1n) is 11.8. The summed E-state index contributed by atoms with van der Waals surface area (Å²) in [5.41, 5.74) is 5.81. The number of nitrogens with one attached hydrogen (secondary N) is 1. The minimum absolute atomic E-state index is 0.227. The minimum atomic E-state index is -0.329. The summed E-state index contributed by atoms with van der Waals surface area (Å²) in [6.45, 7) is 3.99. The molecule has 1 saturated carbocycles. The van der Waals surface area contributed by atoms with E-state index in [-0.39, 0.29) is 17.7 Å². The summed E-state index contributed by atoms with van der Waals surface area (Å²) in [7, 11) is 1.85. The Labute approximate surface area is 190 Å². The molecule has 4 rings (SSSR count). The Morgan fingerprint density at radius 3 is 2.62 bits per heavy atom. The first-order chi connectivity index (χ1) is 15.6. The van der Waals surface area contributed by atoms with Crippen LogP contribution in [-0.4, -0.2) is 38.0 Å². The van der Waals surface area contributed by atoms with E-state index in [2.05, 4.69) is 30.4 Å². The van der Waals surface area contributed by atoms with E-state index in [0.717, 1.165) is 56.4 Å². The second kappa shape index (κ2) is 10.5. The smallest absolute Gasteiger partial charge is 0.165 e. The van der Waals surface area contributed by atoms with Crippen LogP contribution in [0, 0.1) is 11.7 Å². The molecule has 5 heteroatoms. The molecule has 1 heterocycles. The Morgan fingerprint density at radius 2 is 1.91 bits per heavy atom. The van der Waals surface area contributed by atoms with Crippen molar-refractivity contribution in [3.8, 4) is 11.5 Å². The molecule has 2 aromatic carbocycles. The quantitative estimate of drug-likeness (QED) is 0.437. The highest BCUT2D eigenvalue weighted by Crippen LogP contribution is 2.43. The van der Waals surface area contributed by atoms with Gasteiger partial charge in [-0.3, -0.25) is 0 Å². The third kappa shape index (κ3) is 5.00. The maximum Gasteiger partial charge on any atom is 0.165 e. The van der Waals surface area contributed by atoms with Gasteiger partial charge in [-0.2, -0.15) is 0 Å². The van der Waals surface area contributed by atoms with E-state index < -0.39 is 0 Å². The van der Waals surface area contributed by atoms with Gasteiger partial charge in [-0.15, -0.1) is 0 Å². The average molecular weight is 440 g/mol. The van der Waals surface area contributed by atoms with Gasteiger partial charge in [0.15, 0.2) is 11.6 Å². The molecular weight excluding hydrogens is 405 g/mol. The van der Waals surface area contributed by atoms with Gasteiger partial charge < -0.3 is 19.9 Å². The number of hydrogen-bond acceptors (Lipinski definition) is 4. The van der Waals surface area contributed by atoms with Crippen molar-refractivity contribution in [2.75, 3.05) is 26.8 Å². The maximum absolute atomic E-state index is 15.0. The molecule has 32 heavy (non-hydrogen) atoms. The van der Waals surface area contributed by atoms with Gasteiger partial charge in [0.1, 0.15) is 12.4 Å². The Bertz CT molecular complexity index is 963. The van der Waals surface area contributed by atoms with E-state index in [4.69, 9.17) is 9.47 Å². The topological polar surface area (TPSA) is 50.7 Å². The zero-order chi connectivity index (χ0) is 22.5. The Hall–Kier alpha value is -2.37. The van der Waals surface area contributed by atoms with Crippen LogP contribution >= 0.6 is 0 Å². The van der Waals surface area contributed by atoms with Crippen molar-refractivity contribution in [2.45, 2.75) is 51.6 Å². The predicted molar refractivity (Wildman–Crippen MR) is 127 cm³/mol. The van der Waals surface area contributed by atoms with Gasteiger partial charge in [0, 0.05) is 13.0 Å². The number of aliphatic hydroxyl groups is 1. The van der Waals surface area contributed by atoms with Crippen LogP contribution in [0.25, 0.3) is 11.1 Å². The van der Waals surface area contributed by atoms with Crippen molar-refractivity contribution in [1.82, 2.24) is 5.32 Å². The lowest BCUT2D eigenvalue weighted by Gasteiger charge is -2.30. The summed E-state index contributed by atoms with van der Waals surface area (Å²) in [4.78, 5) is 0. The Morgan fingerprint density at radius 1 is 1.12 bits per heavy atom. The van der Waals surface area contributed by atoms with E-state index >= 15 is 0 Å². The molecule has 2 aromatic rings. The van der Waals surface area contributed by atoms with Gasteiger partial charge in [-0.25, -0.2) is 4.39 Å². The number of aliphatic hydroxyl groups excluding tert-OH is 1. The van der Waals surface area contributed by atoms with Crippen molar-refractivity contribution in [2.24, 2.45) is 5.92 Å². The van der Waals surface area contributed by atoms with Crippen molar-refractivity contribution < 1.29 is 19.0 Å². The Kier molecular flexibility index (Phi) is 7.48. The summed E-state index contributed by atoms with van der Waals surface area (Å²) in [6.07, 6.45) is 4.96. The highest BCUT2D eigenvalue weighted by atomic mass is 19.1. The maximum atomic E-state index is 15.0. The molecule has 172 valence electrons. The van der Waals surface area contributed by atoms with Crippen LogP contribution in [-0.2, 0) is 6.42 Å². The van der Waals surface area contributed by atoms with Crippen LogP contribution in [0.1, 0.15) is 55.7 Å². The molecule has 0 radical (unpaired) electrons. The first kappa shape index (κ1) is 22.8. The van der Waals surface area contributed by atoms with E-state index in [1.165, 1.54) is 22.3 Å². The molecule has 0 aromatic heterocycles. The number of halogens is 1. The first-order valence-corrected chi connectivity index (χ1v) is 11.8. The highest BCUT2D eigenvalue weighted by molar-refractivity contribution is 5.92. The predicted octanol–water partition coefficient (Wildman–Crippen LogP) is 5.23. The van der Waals surface area contributed by atoms with Gasteiger partial charge in [0.25, 0.3) is 0 Å². The van der Waals surface area contributed by atoms with Crippen LogP contribution in [0.4, 0.5) is 4.39 Å². The van der Waals surface area contributed by atoms with Gasteiger partial charge >= 0.3 is 0 Å². The number of allylic oxidation sites excluding steroid dienone is 2. The third-order valence-electron chi connectivity index (χ3n) is 6.67. The van der Waals surface area contributed by atoms with Crippen LogP contribution in [0.15, 0.2) is 36.4 Å². The fourth-order valence-corrected chi connectivity index (χ4v) is 4.99. The van der Waals surface area contributed by atoms with Crippen LogP contribution in [0.3, 0.4) is 0 Å². The lowest BCUT2D eigenvalue weighted by Crippen LogP contribution is -2.20. The molecule has 1 fully saturated rings. The molecule has 0 spiro atoms. The third-order valence-corrected chi connectivity index (χ3v) is 6.67. The van der Waals surface area contributed by atoms with E-state index in [1.807, 2.05) is 13.1 Å². The molecule has 0 amide bonds. The fraction of sp³-hybridized carbons (Fsp3) is 0.481. The molecule has 0 unspecified atom stereocenters. The van der Waals surface area contributed by atoms with Crippen LogP contribution in [0.2, 0.25) is 0 Å². The number of likely N-dealkylation sites (N-methyl/N-ethyl adjacent to an activating group) is 1. The average Bonchev–Trinajstić information content (AvgIpc) is 3.27. The van der Waals surface area contributed by atoms with Crippen molar-refractivity contribution in [3.63, 3.8) is 0 Å². The number of benzene rings is 2. The fourth-order valence-electron chi connectivity index (χ4n) is 4.99. The largest absolute Gasteiger partial charge is 0.493 e. The van der Waals surface area contributed by atoms with Crippen molar-refractivity contribution >= 4 is 11.1 Å². The molecule has 0 saturated heterocycles. The Balaban J connectivity index is 1.75. The molecule has 1 aliphatic heterocycles. The normalized spacial score (nSPS) is 21.0. The van der Waals surface area contributed by atoms with E-state index in [9.17, 15) is 9.50 Å². The standard InChI is InChI=1S/C27H34FNO3/c1-3-23(19-6-10-25-20(16-19)12-14-31-25)27(18-4-8-22(30)9-5-18)21-7-11-26(24(28)17-21)32-15-13-29-2/h6-7,10-11,16-18,22,29-30H,3-5,8-9,12-15H2,1-2H3/b27-23-. The molecule has 0 bridgehead atoms. The SMILES string of the molecule is CC/C(=C(/c1ccc(OCCNC)c(F)c1)C1CCC(O)CC1)c1ccc2c(c1)CCO2. The molecule has 2 N–H and O–H groups in total. The second-order valence-corrected chi connectivity index (χ2v) is 8.77. The van der Waals surface area contributed by atoms with Crippen molar-refractivity contribution in [3.05, 3.63) is 58.9 Å². The molecule has 2 aliphatic rings. The van der Waals surface area contributed by atoms with Crippen LogP contribution in [0.5, 0.6) is 11.5 Å². The summed E-state index contributed by atoms with van der Waals surface area (Å²) in [6, 6.07) is 11.8. The number of fused-ring (bicyclic) bond motifs is 1. The van der Waals surface area contributed by atoms with Gasteiger partial charge in [-0.05, 0) is 97.2 Å². The van der Waals surface area contributed by atoms with Crippen molar-refractivity contribution in [1.29, 1.82) is 0 Å². The minimum Gasteiger partial charge on any atom is -0.493 e. The number of rotatable bonds is 8. The summed E-state index contributed by atoms with van der Waals surface area (Å²) < 4.78 is 26.3. The van der Waals surface area contributed by atoms with Crippen LogP contribution < -0.4 is 14.8 Å². The number of ether oxygens (including phenoxy) is 2. The van der Waals surface area contributed by atoms with Gasteiger partial charge in [0.05, 0.1) is 12.7 Å². The zero-order valence-electron chi connectivity index (χ0n) is 19.1. The molecule has 0 atom stereocenters. The van der Waals surface area contributed by atoms with Gasteiger partial charge in [0.2, 0.25) is 0 Å². The molecule has 4 nitrogen and oxygen atoms in total. The zero-order valence-corrected chi connectivity index (χ0v) is 19.1. The van der Waals surface area contributed by atoms with E-state index in [1.54, 1.807) is 12.1 Å². The second-order valence-electron chi connectivity index (χ2n) is 8.77. The lowest BCUT2D eigenvalue weighted by molar-refractivity contribution is 0.119. The van der Waals surface area contributed by atoms with Gasteiger partial charge in [-0.1, -0.05) is 19.1 Å². The number of hydrogen-bond donors (Lipinski definition) is 2. The highest BCUT2D eigenvalue weighted by Gasteiger charge is 2.27. The van der Waals surface area contributed by atoms with E-state index in [0.29, 0.717) is 19.1 Å². The summed E-state index contributed by atoms with van der Waals surface area (Å²) in [5, 5.41) is 13.1. The monoisotopic (exact) mass is 439 g/mol.